The molecule has 11 aromatic carbocycles. The average molecular weight is 829 g/mol. The lowest BCUT2D eigenvalue weighted by Crippen LogP contribution is -2.16. The Morgan fingerprint density at radius 3 is 1.57 bits per heavy atom. The summed E-state index contributed by atoms with van der Waals surface area (Å²) in [6.45, 7) is 4.80. The summed E-state index contributed by atoms with van der Waals surface area (Å²) in [6.07, 6.45) is 0. The van der Waals surface area contributed by atoms with Crippen LogP contribution in [0.2, 0.25) is 0 Å². The lowest BCUT2D eigenvalue weighted by molar-refractivity contribution is 0.660. The van der Waals surface area contributed by atoms with Crippen molar-refractivity contribution in [2.45, 2.75) is 19.3 Å². The molecule has 306 valence electrons. The van der Waals surface area contributed by atoms with E-state index >= 15 is 0 Å². The smallest absolute Gasteiger partial charge is 0.0548 e. The maximum Gasteiger partial charge on any atom is 0.0548 e. The first-order chi connectivity index (χ1) is 32.0. The van der Waals surface area contributed by atoms with E-state index < -0.39 is 0 Å². The van der Waals surface area contributed by atoms with Gasteiger partial charge in [0.15, 0.2) is 0 Å². The van der Waals surface area contributed by atoms with Gasteiger partial charge in [-0.1, -0.05) is 184 Å². The van der Waals surface area contributed by atoms with Crippen molar-refractivity contribution in [3.8, 4) is 50.2 Å². The fraction of sp³-hybridized carbons (Fsp3) is 0.0476. The average Bonchev–Trinajstić information content (AvgIpc) is 3.82. The molecule has 0 saturated heterocycles. The third kappa shape index (κ3) is 5.81. The lowest BCUT2D eigenvalue weighted by atomic mass is 9.81. The van der Waals surface area contributed by atoms with E-state index in [1.165, 1.54) is 105 Å². The van der Waals surface area contributed by atoms with E-state index in [2.05, 4.69) is 254 Å². The Hall–Kier alpha value is -8.20. The summed E-state index contributed by atoms with van der Waals surface area (Å²) in [4.78, 5) is 2.41. The summed E-state index contributed by atoms with van der Waals surface area (Å²) in [5.74, 6) is 0. The predicted octanol–water partition coefficient (Wildman–Crippen LogP) is 17.3. The number of hydrogen-bond donors (Lipinski definition) is 0. The number of rotatable bonds is 7. The SMILES string of the molecule is CC1(C)c2cc(-c3ccc4c5c3ccc3cccc(c35)n4-c3cccc4ccccc34)ccc2-c2ccc(N(c3ccc(-c4ccccc4)cc3)c3ccc(-c4ccccc4)cc3)cc21. The molecule has 0 amide bonds. The highest BCUT2D eigenvalue weighted by atomic mass is 15.1. The van der Waals surface area contributed by atoms with E-state index in [1.807, 2.05) is 0 Å². The second-order valence-corrected chi connectivity index (χ2v) is 18.1. The predicted molar refractivity (Wildman–Crippen MR) is 276 cm³/mol. The van der Waals surface area contributed by atoms with Gasteiger partial charge in [-0.25, -0.2) is 0 Å². The van der Waals surface area contributed by atoms with E-state index in [-0.39, 0.29) is 5.41 Å². The van der Waals surface area contributed by atoms with Gasteiger partial charge in [0.1, 0.15) is 0 Å². The second kappa shape index (κ2) is 14.4. The number of fused-ring (bicyclic) bond motifs is 4. The van der Waals surface area contributed by atoms with Crippen LogP contribution in [-0.2, 0) is 5.41 Å². The Labute approximate surface area is 379 Å². The lowest BCUT2D eigenvalue weighted by Gasteiger charge is -2.28. The molecule has 0 bridgehead atoms. The molecular formula is C63H44N2. The van der Waals surface area contributed by atoms with Gasteiger partial charge >= 0.3 is 0 Å². The number of nitrogens with zero attached hydrogens (tertiary/aromatic N) is 2. The maximum atomic E-state index is 2.48. The highest BCUT2D eigenvalue weighted by Gasteiger charge is 2.36. The van der Waals surface area contributed by atoms with E-state index in [1.54, 1.807) is 0 Å². The Bertz CT molecular complexity index is 3680. The Morgan fingerprint density at radius 2 is 0.862 bits per heavy atom. The third-order valence-electron chi connectivity index (χ3n) is 14.2. The molecule has 1 aliphatic rings. The van der Waals surface area contributed by atoms with Crippen LogP contribution < -0.4 is 4.90 Å². The summed E-state index contributed by atoms with van der Waals surface area (Å²) < 4.78 is 2.48. The molecule has 1 heterocycles. The minimum atomic E-state index is -0.231. The molecular weight excluding hydrogens is 785 g/mol. The quantitative estimate of drug-likeness (QED) is 0.145. The molecule has 0 fully saturated rings. The number of hydrogen-bond acceptors (Lipinski definition) is 1. The first-order valence-corrected chi connectivity index (χ1v) is 22.7. The van der Waals surface area contributed by atoms with Crippen molar-refractivity contribution in [1.82, 2.24) is 4.57 Å². The summed E-state index contributed by atoms with van der Waals surface area (Å²) in [7, 11) is 0. The van der Waals surface area contributed by atoms with Crippen LogP contribution in [0, 0.1) is 0 Å². The first-order valence-electron chi connectivity index (χ1n) is 22.7. The van der Waals surface area contributed by atoms with Crippen LogP contribution in [-0.4, -0.2) is 4.57 Å². The molecule has 0 saturated carbocycles. The van der Waals surface area contributed by atoms with Crippen molar-refractivity contribution < 1.29 is 0 Å². The van der Waals surface area contributed by atoms with Crippen molar-refractivity contribution in [2.75, 3.05) is 4.90 Å². The minimum Gasteiger partial charge on any atom is -0.310 e. The van der Waals surface area contributed by atoms with Crippen molar-refractivity contribution >= 4 is 60.4 Å². The molecule has 0 N–H and O–H groups in total. The third-order valence-corrected chi connectivity index (χ3v) is 14.2. The molecule has 1 aromatic heterocycles. The van der Waals surface area contributed by atoms with Gasteiger partial charge in [0.05, 0.1) is 16.7 Å². The van der Waals surface area contributed by atoms with Crippen LogP contribution in [0.3, 0.4) is 0 Å². The van der Waals surface area contributed by atoms with Crippen molar-refractivity contribution in [3.05, 3.63) is 242 Å². The fourth-order valence-electron chi connectivity index (χ4n) is 10.9. The van der Waals surface area contributed by atoms with Crippen LogP contribution in [0.5, 0.6) is 0 Å². The fourth-order valence-corrected chi connectivity index (χ4v) is 10.9. The topological polar surface area (TPSA) is 8.17 Å². The van der Waals surface area contributed by atoms with Crippen LogP contribution in [0.4, 0.5) is 17.1 Å². The molecule has 0 aliphatic heterocycles. The summed E-state index contributed by atoms with van der Waals surface area (Å²) >= 11 is 0. The molecule has 0 atom stereocenters. The van der Waals surface area contributed by atoms with E-state index in [0.29, 0.717) is 0 Å². The molecule has 0 unspecified atom stereocenters. The molecule has 12 aromatic rings. The van der Waals surface area contributed by atoms with Crippen LogP contribution in [0.15, 0.2) is 231 Å². The van der Waals surface area contributed by atoms with Gasteiger partial charge in [0, 0.05) is 38.6 Å². The number of anilines is 3. The van der Waals surface area contributed by atoms with Gasteiger partial charge in [-0.05, 0) is 132 Å². The van der Waals surface area contributed by atoms with Crippen molar-refractivity contribution in [2.24, 2.45) is 0 Å². The largest absolute Gasteiger partial charge is 0.310 e. The van der Waals surface area contributed by atoms with Gasteiger partial charge in [0.2, 0.25) is 0 Å². The molecule has 0 spiro atoms. The van der Waals surface area contributed by atoms with Crippen molar-refractivity contribution in [1.29, 1.82) is 0 Å². The van der Waals surface area contributed by atoms with Gasteiger partial charge < -0.3 is 9.47 Å². The molecule has 2 nitrogen and oxygen atoms in total. The normalized spacial score (nSPS) is 12.9. The molecule has 2 heteroatoms. The van der Waals surface area contributed by atoms with E-state index in [0.717, 1.165) is 17.1 Å². The molecule has 13 rings (SSSR count). The van der Waals surface area contributed by atoms with Crippen LogP contribution in [0.1, 0.15) is 25.0 Å². The molecule has 1 aliphatic carbocycles. The van der Waals surface area contributed by atoms with Gasteiger partial charge in [-0.3, -0.25) is 0 Å². The second-order valence-electron chi connectivity index (χ2n) is 18.1. The van der Waals surface area contributed by atoms with E-state index in [9.17, 15) is 0 Å². The van der Waals surface area contributed by atoms with Crippen LogP contribution >= 0.6 is 0 Å². The molecule has 65 heavy (non-hydrogen) atoms. The van der Waals surface area contributed by atoms with E-state index in [4.69, 9.17) is 0 Å². The highest BCUT2D eigenvalue weighted by molar-refractivity contribution is 6.27. The monoisotopic (exact) mass is 828 g/mol. The zero-order valence-corrected chi connectivity index (χ0v) is 36.3. The standard InChI is InChI=1S/C63H44N2/c1-63(2)56-39-47(51-37-38-60-62-55(51)35-27-46-19-12-22-59(61(46)62)65(60)58-21-11-18-45-17-9-10-20-52(45)58)28-34-53(56)54-36-33-50(40-57(54)63)64(48-29-23-43(24-30-48)41-13-5-3-6-14-41)49-31-25-44(26-32-49)42-15-7-4-8-16-42/h3-40H,1-2H3. The minimum absolute atomic E-state index is 0.231. The highest BCUT2D eigenvalue weighted by Crippen LogP contribution is 2.53. The first kappa shape index (κ1) is 37.4. The number of aromatic nitrogens is 1. The number of benzene rings is 11. The van der Waals surface area contributed by atoms with Gasteiger partial charge in [0.25, 0.3) is 0 Å². The Kier molecular flexibility index (Phi) is 8.29. The maximum absolute atomic E-state index is 2.48. The van der Waals surface area contributed by atoms with Crippen LogP contribution in [0.25, 0.3) is 93.5 Å². The zero-order chi connectivity index (χ0) is 43.2. The Balaban J connectivity index is 0.914. The van der Waals surface area contributed by atoms with Crippen molar-refractivity contribution in [3.63, 3.8) is 0 Å². The summed E-state index contributed by atoms with van der Waals surface area (Å²) in [5, 5.41) is 7.71. The van der Waals surface area contributed by atoms with Gasteiger partial charge in [-0.15, -0.1) is 0 Å². The van der Waals surface area contributed by atoms with Gasteiger partial charge in [-0.2, -0.15) is 0 Å². The summed E-state index contributed by atoms with van der Waals surface area (Å²) in [6, 6.07) is 85.0. The zero-order valence-electron chi connectivity index (χ0n) is 36.3. The Morgan fingerprint density at radius 1 is 0.338 bits per heavy atom. The molecule has 0 radical (unpaired) electrons. The summed E-state index contributed by atoms with van der Waals surface area (Å²) in [5.41, 5.74) is 19.5.